The summed E-state index contributed by atoms with van der Waals surface area (Å²) in [6.07, 6.45) is 0. The molecule has 0 bridgehead atoms. The number of ether oxygens (including phenoxy) is 2. The summed E-state index contributed by atoms with van der Waals surface area (Å²) >= 11 is 0. The maximum Gasteiger partial charge on any atom is 0.274 e. The van der Waals surface area contributed by atoms with Crippen LogP contribution in [0.2, 0.25) is 0 Å². The van der Waals surface area contributed by atoms with Crippen molar-refractivity contribution in [2.75, 3.05) is 5.32 Å². The highest BCUT2D eigenvalue weighted by Gasteiger charge is 2.31. The zero-order chi connectivity index (χ0) is 15.0. The topological polar surface area (TPSA) is 60.5 Å². The average Bonchev–Trinajstić information content (AvgIpc) is 2.72. The van der Waals surface area contributed by atoms with Gasteiger partial charge in [0.2, 0.25) is 11.7 Å². The highest BCUT2D eigenvalue weighted by molar-refractivity contribution is 6.02. The molecule has 21 heavy (non-hydrogen) atoms. The van der Waals surface area contributed by atoms with Gasteiger partial charge in [-0.3, -0.25) is 4.79 Å². The van der Waals surface area contributed by atoms with Crippen LogP contribution in [0.25, 0.3) is 0 Å². The van der Waals surface area contributed by atoms with Crippen LogP contribution in [0.5, 0.6) is 11.5 Å². The third-order valence-electron chi connectivity index (χ3n) is 2.86. The molecule has 2 heterocycles. The quantitative estimate of drug-likeness (QED) is 0.863. The molecule has 1 aromatic carbocycles. The van der Waals surface area contributed by atoms with Crippen molar-refractivity contribution in [2.24, 2.45) is 0 Å². The molecule has 1 aliphatic rings. The second kappa shape index (κ2) is 4.73. The molecule has 1 aromatic heterocycles. The van der Waals surface area contributed by atoms with E-state index < -0.39 is 17.6 Å². The second-order valence-electron chi connectivity index (χ2n) is 5.07. The molecule has 0 saturated heterocycles. The number of halogens is 1. The summed E-state index contributed by atoms with van der Waals surface area (Å²) in [5, 5.41) is 2.64. The smallest absolute Gasteiger partial charge is 0.274 e. The number of pyridine rings is 1. The van der Waals surface area contributed by atoms with Gasteiger partial charge >= 0.3 is 0 Å². The first kappa shape index (κ1) is 13.4. The van der Waals surface area contributed by atoms with E-state index in [-0.39, 0.29) is 5.69 Å². The number of rotatable bonds is 2. The Balaban J connectivity index is 1.79. The summed E-state index contributed by atoms with van der Waals surface area (Å²) in [5.74, 6) is -0.760. The summed E-state index contributed by atoms with van der Waals surface area (Å²) in [6.45, 7) is 3.59. The van der Waals surface area contributed by atoms with Crippen LogP contribution in [0.3, 0.4) is 0 Å². The summed E-state index contributed by atoms with van der Waals surface area (Å²) in [4.78, 5) is 15.5. The van der Waals surface area contributed by atoms with Crippen molar-refractivity contribution >= 4 is 11.6 Å². The fraction of sp³-hybridized carbons (Fsp3) is 0.200. The van der Waals surface area contributed by atoms with E-state index in [1.165, 1.54) is 18.2 Å². The van der Waals surface area contributed by atoms with E-state index in [1.54, 1.807) is 32.0 Å². The van der Waals surface area contributed by atoms with Gasteiger partial charge in [-0.25, -0.2) is 4.98 Å². The Morgan fingerprint density at radius 3 is 2.71 bits per heavy atom. The minimum atomic E-state index is -0.727. The van der Waals surface area contributed by atoms with Crippen molar-refractivity contribution in [2.45, 2.75) is 19.6 Å². The molecule has 108 valence electrons. The standard InChI is InChI=1S/C15H13FN2O3/c1-15(2)20-11-7-6-9(8-12(11)21-15)17-14(19)10-4-3-5-13(16)18-10/h3-8H,1-2H3,(H,17,19). The molecule has 0 radical (unpaired) electrons. The van der Waals surface area contributed by atoms with Crippen LogP contribution < -0.4 is 14.8 Å². The van der Waals surface area contributed by atoms with Gasteiger partial charge in [-0.1, -0.05) is 6.07 Å². The third kappa shape index (κ3) is 2.79. The van der Waals surface area contributed by atoms with E-state index in [0.717, 1.165) is 0 Å². The first-order chi connectivity index (χ1) is 9.93. The van der Waals surface area contributed by atoms with Gasteiger partial charge in [0.1, 0.15) is 5.69 Å². The number of carbonyl (C=O) groups excluding carboxylic acids is 1. The molecule has 0 fully saturated rings. The first-order valence-corrected chi connectivity index (χ1v) is 6.39. The van der Waals surface area contributed by atoms with Gasteiger partial charge in [-0.2, -0.15) is 4.39 Å². The van der Waals surface area contributed by atoms with Crippen molar-refractivity contribution in [3.8, 4) is 11.5 Å². The van der Waals surface area contributed by atoms with Crippen LogP contribution >= 0.6 is 0 Å². The van der Waals surface area contributed by atoms with Crippen LogP contribution in [0, 0.1) is 5.95 Å². The largest absolute Gasteiger partial charge is 0.449 e. The number of nitrogens with zero attached hydrogens (tertiary/aromatic N) is 1. The Kier molecular flexibility index (Phi) is 3.01. The molecule has 5 nitrogen and oxygen atoms in total. The fourth-order valence-corrected chi connectivity index (χ4v) is 2.03. The van der Waals surface area contributed by atoms with Crippen LogP contribution in [-0.2, 0) is 0 Å². The van der Waals surface area contributed by atoms with Crippen LogP contribution in [0.15, 0.2) is 36.4 Å². The summed E-state index contributed by atoms with van der Waals surface area (Å²) in [6, 6.07) is 9.09. The molecule has 1 N–H and O–H groups in total. The lowest BCUT2D eigenvalue weighted by Gasteiger charge is -2.16. The molecule has 6 heteroatoms. The average molecular weight is 288 g/mol. The molecule has 0 spiro atoms. The molecule has 0 saturated carbocycles. The van der Waals surface area contributed by atoms with Crippen LogP contribution in [-0.4, -0.2) is 16.7 Å². The number of carbonyl (C=O) groups is 1. The first-order valence-electron chi connectivity index (χ1n) is 6.39. The lowest BCUT2D eigenvalue weighted by atomic mass is 10.2. The summed E-state index contributed by atoms with van der Waals surface area (Å²) < 4.78 is 24.2. The Bertz CT molecular complexity index is 716. The molecule has 2 aromatic rings. The number of anilines is 1. The van der Waals surface area contributed by atoms with Gasteiger partial charge < -0.3 is 14.8 Å². The van der Waals surface area contributed by atoms with E-state index >= 15 is 0 Å². The number of hydrogen-bond donors (Lipinski definition) is 1. The maximum absolute atomic E-state index is 13.0. The van der Waals surface area contributed by atoms with Gasteiger partial charge in [0.15, 0.2) is 11.5 Å². The lowest BCUT2D eigenvalue weighted by Crippen LogP contribution is -2.29. The highest BCUT2D eigenvalue weighted by Crippen LogP contribution is 2.40. The van der Waals surface area contributed by atoms with Crippen molar-refractivity contribution in [3.05, 3.63) is 48.0 Å². The monoisotopic (exact) mass is 288 g/mol. The number of benzene rings is 1. The summed E-state index contributed by atoms with van der Waals surface area (Å²) in [5.41, 5.74) is 0.527. The second-order valence-corrected chi connectivity index (χ2v) is 5.07. The number of amides is 1. The molecular formula is C15H13FN2O3. The van der Waals surface area contributed by atoms with Crippen molar-refractivity contribution in [3.63, 3.8) is 0 Å². The zero-order valence-corrected chi connectivity index (χ0v) is 11.5. The van der Waals surface area contributed by atoms with Gasteiger partial charge in [0.25, 0.3) is 5.91 Å². The Morgan fingerprint density at radius 2 is 1.95 bits per heavy atom. The molecule has 1 aliphatic heterocycles. The molecule has 0 atom stereocenters. The van der Waals surface area contributed by atoms with Gasteiger partial charge in [0, 0.05) is 25.6 Å². The minimum absolute atomic E-state index is 0.00740. The van der Waals surface area contributed by atoms with E-state index in [1.807, 2.05) is 0 Å². The van der Waals surface area contributed by atoms with Crippen molar-refractivity contribution in [1.82, 2.24) is 4.98 Å². The molecule has 0 aliphatic carbocycles. The van der Waals surface area contributed by atoms with Crippen LogP contribution in [0.1, 0.15) is 24.3 Å². The summed E-state index contributed by atoms with van der Waals surface area (Å²) in [7, 11) is 0. The van der Waals surface area contributed by atoms with E-state index in [0.29, 0.717) is 17.2 Å². The highest BCUT2D eigenvalue weighted by atomic mass is 19.1. The predicted molar refractivity (Wildman–Crippen MR) is 73.9 cm³/mol. The van der Waals surface area contributed by atoms with Crippen molar-refractivity contribution < 1.29 is 18.7 Å². The number of hydrogen-bond acceptors (Lipinski definition) is 4. The normalized spacial score (nSPS) is 14.8. The molecule has 1 amide bonds. The lowest BCUT2D eigenvalue weighted by molar-refractivity contribution is -0.0431. The Hall–Kier alpha value is -2.63. The minimum Gasteiger partial charge on any atom is -0.449 e. The van der Waals surface area contributed by atoms with Crippen molar-refractivity contribution in [1.29, 1.82) is 0 Å². The number of aromatic nitrogens is 1. The maximum atomic E-state index is 13.0. The van der Waals surface area contributed by atoms with E-state index in [2.05, 4.69) is 10.3 Å². The Morgan fingerprint density at radius 1 is 1.19 bits per heavy atom. The predicted octanol–water partition coefficient (Wildman–Crippen LogP) is 2.98. The van der Waals surface area contributed by atoms with Gasteiger partial charge in [-0.05, 0) is 24.3 Å². The third-order valence-corrected chi connectivity index (χ3v) is 2.86. The Labute approximate surface area is 120 Å². The van der Waals surface area contributed by atoms with Crippen LogP contribution in [0.4, 0.5) is 10.1 Å². The number of nitrogens with one attached hydrogen (secondary N) is 1. The molecular weight excluding hydrogens is 275 g/mol. The van der Waals surface area contributed by atoms with Gasteiger partial charge in [-0.15, -0.1) is 0 Å². The van der Waals surface area contributed by atoms with Gasteiger partial charge in [0.05, 0.1) is 0 Å². The van der Waals surface area contributed by atoms with E-state index in [9.17, 15) is 9.18 Å². The molecule has 3 rings (SSSR count). The number of fused-ring (bicyclic) bond motifs is 1. The van der Waals surface area contributed by atoms with E-state index in [4.69, 9.17) is 9.47 Å². The zero-order valence-electron chi connectivity index (χ0n) is 11.5. The molecule has 0 unspecified atom stereocenters. The SMILES string of the molecule is CC1(C)Oc2ccc(NC(=O)c3cccc(F)n3)cc2O1. The fourth-order valence-electron chi connectivity index (χ4n) is 2.03.